The molecule has 1 aliphatic heterocycles. The average molecular weight is 301 g/mol. The van der Waals surface area contributed by atoms with E-state index in [-0.39, 0.29) is 6.04 Å². The van der Waals surface area contributed by atoms with Crippen LogP contribution in [0.5, 0.6) is 0 Å². The Labute approximate surface area is 122 Å². The number of hydrogen-bond donors (Lipinski definition) is 1. The Morgan fingerprint density at radius 1 is 1.25 bits per heavy atom. The van der Waals surface area contributed by atoms with Gasteiger partial charge < -0.3 is 10.1 Å². The highest BCUT2D eigenvalue weighted by Gasteiger charge is 2.56. The summed E-state index contributed by atoms with van der Waals surface area (Å²) in [5.41, 5.74) is 0.292. The molecule has 3 atom stereocenters. The van der Waals surface area contributed by atoms with Gasteiger partial charge in [-0.25, -0.2) is 8.42 Å². The highest BCUT2D eigenvalue weighted by molar-refractivity contribution is 7.91. The first-order valence-corrected chi connectivity index (χ1v) is 9.96. The summed E-state index contributed by atoms with van der Waals surface area (Å²) in [5, 5.41) is 3.66. The lowest BCUT2D eigenvalue weighted by atomic mass is 9.55. The summed E-state index contributed by atoms with van der Waals surface area (Å²) < 4.78 is 29.1. The summed E-state index contributed by atoms with van der Waals surface area (Å²) in [4.78, 5) is 0. The number of nitrogens with one attached hydrogen (secondary N) is 1. The molecule has 116 valence electrons. The highest BCUT2D eigenvalue weighted by Crippen LogP contribution is 2.53. The predicted molar refractivity (Wildman–Crippen MR) is 79.5 cm³/mol. The predicted octanol–water partition coefficient (Wildman–Crippen LogP) is 1.89. The van der Waals surface area contributed by atoms with Crippen molar-refractivity contribution >= 4 is 9.84 Å². The quantitative estimate of drug-likeness (QED) is 0.861. The second-order valence-electron chi connectivity index (χ2n) is 6.79. The van der Waals surface area contributed by atoms with Crippen LogP contribution in [0.4, 0.5) is 0 Å². The Morgan fingerprint density at radius 3 is 2.60 bits per heavy atom. The molecular weight excluding hydrogens is 274 g/mol. The molecule has 20 heavy (non-hydrogen) atoms. The number of sulfone groups is 1. The van der Waals surface area contributed by atoms with Crippen LogP contribution in [0.2, 0.25) is 0 Å². The van der Waals surface area contributed by atoms with Gasteiger partial charge in [0.15, 0.2) is 9.84 Å². The van der Waals surface area contributed by atoms with E-state index in [1.165, 1.54) is 32.1 Å². The van der Waals surface area contributed by atoms with Crippen LogP contribution in [0.1, 0.15) is 51.9 Å². The fourth-order valence-corrected chi connectivity index (χ4v) is 6.19. The van der Waals surface area contributed by atoms with Crippen LogP contribution < -0.4 is 5.32 Å². The van der Waals surface area contributed by atoms with Crippen molar-refractivity contribution in [3.8, 4) is 0 Å². The van der Waals surface area contributed by atoms with Gasteiger partial charge in [-0.05, 0) is 32.6 Å². The Kier molecular flexibility index (Phi) is 4.13. The molecule has 1 saturated heterocycles. The van der Waals surface area contributed by atoms with E-state index in [0.29, 0.717) is 29.1 Å². The second kappa shape index (κ2) is 5.58. The minimum atomic E-state index is -2.79. The molecule has 0 aromatic carbocycles. The van der Waals surface area contributed by atoms with Gasteiger partial charge in [0.2, 0.25) is 0 Å². The molecule has 3 fully saturated rings. The van der Waals surface area contributed by atoms with Gasteiger partial charge in [0.25, 0.3) is 0 Å². The molecule has 4 nitrogen and oxygen atoms in total. The Morgan fingerprint density at radius 2 is 2.00 bits per heavy atom. The lowest BCUT2D eigenvalue weighted by Gasteiger charge is -2.58. The van der Waals surface area contributed by atoms with Crippen LogP contribution in [0.3, 0.4) is 0 Å². The van der Waals surface area contributed by atoms with E-state index in [1.807, 2.05) is 0 Å². The summed E-state index contributed by atoms with van der Waals surface area (Å²) in [5.74, 6) is 0.693. The van der Waals surface area contributed by atoms with E-state index in [9.17, 15) is 8.42 Å². The van der Waals surface area contributed by atoms with Crippen molar-refractivity contribution in [2.24, 2.45) is 5.41 Å². The molecule has 3 rings (SSSR count). The van der Waals surface area contributed by atoms with E-state index in [0.717, 1.165) is 19.4 Å². The summed E-state index contributed by atoms with van der Waals surface area (Å²) >= 11 is 0. The van der Waals surface area contributed by atoms with Gasteiger partial charge in [0.05, 0.1) is 17.6 Å². The van der Waals surface area contributed by atoms with Crippen LogP contribution in [-0.2, 0) is 14.6 Å². The maximum absolute atomic E-state index is 11.6. The molecule has 0 aromatic heterocycles. The summed E-state index contributed by atoms with van der Waals surface area (Å²) in [7, 11) is -2.79. The maximum Gasteiger partial charge on any atom is 0.151 e. The monoisotopic (exact) mass is 301 g/mol. The van der Waals surface area contributed by atoms with E-state index in [2.05, 4.69) is 12.2 Å². The molecule has 0 amide bonds. The van der Waals surface area contributed by atoms with Gasteiger partial charge in [-0.15, -0.1) is 0 Å². The van der Waals surface area contributed by atoms with Gasteiger partial charge in [0, 0.05) is 24.1 Å². The first-order valence-electron chi connectivity index (χ1n) is 8.14. The minimum absolute atomic E-state index is 0.173. The molecular formula is C15H27NO3S. The third-order valence-electron chi connectivity index (χ3n) is 5.61. The molecule has 3 unspecified atom stereocenters. The van der Waals surface area contributed by atoms with Crippen LogP contribution in [0.15, 0.2) is 0 Å². The summed E-state index contributed by atoms with van der Waals surface area (Å²) in [6.07, 6.45) is 8.66. The third kappa shape index (κ3) is 2.64. The molecule has 5 heteroatoms. The highest BCUT2D eigenvalue weighted by atomic mass is 32.2. The number of rotatable bonds is 4. The van der Waals surface area contributed by atoms with E-state index < -0.39 is 9.84 Å². The standard InChI is InChI=1S/C15H27NO3S/c1-2-19-14-10-13(15(14)7-4-3-5-8-15)16-12-6-9-20(17,18)11-12/h12-14,16H,2-11H2,1H3. The largest absolute Gasteiger partial charge is 0.378 e. The van der Waals surface area contributed by atoms with Gasteiger partial charge in [-0.2, -0.15) is 0 Å². The third-order valence-corrected chi connectivity index (χ3v) is 7.37. The normalized spacial score (nSPS) is 38.8. The Bertz CT molecular complexity index is 442. The van der Waals surface area contributed by atoms with Crippen molar-refractivity contribution in [3.63, 3.8) is 0 Å². The van der Waals surface area contributed by atoms with Crippen LogP contribution in [-0.4, -0.2) is 44.7 Å². The zero-order valence-corrected chi connectivity index (χ0v) is 13.3. The second-order valence-corrected chi connectivity index (χ2v) is 9.02. The van der Waals surface area contributed by atoms with E-state index in [4.69, 9.17) is 4.74 Å². The van der Waals surface area contributed by atoms with Gasteiger partial charge in [0.1, 0.15) is 0 Å². The minimum Gasteiger partial charge on any atom is -0.378 e. The number of hydrogen-bond acceptors (Lipinski definition) is 4. The molecule has 2 saturated carbocycles. The van der Waals surface area contributed by atoms with Crippen LogP contribution in [0.25, 0.3) is 0 Å². The molecule has 2 aliphatic carbocycles. The van der Waals surface area contributed by atoms with Crippen LogP contribution in [0, 0.1) is 5.41 Å². The molecule has 3 aliphatic rings. The molecule has 0 bridgehead atoms. The van der Waals surface area contributed by atoms with E-state index >= 15 is 0 Å². The topological polar surface area (TPSA) is 55.4 Å². The summed E-state index contributed by atoms with van der Waals surface area (Å²) in [6, 6.07) is 0.643. The maximum atomic E-state index is 11.6. The molecule has 0 radical (unpaired) electrons. The molecule has 0 aromatic rings. The zero-order valence-electron chi connectivity index (χ0n) is 12.4. The van der Waals surface area contributed by atoms with Gasteiger partial charge >= 0.3 is 0 Å². The zero-order chi connectivity index (χ0) is 14.2. The van der Waals surface area contributed by atoms with Crippen LogP contribution >= 0.6 is 0 Å². The van der Waals surface area contributed by atoms with Crippen molar-refractivity contribution in [2.75, 3.05) is 18.1 Å². The molecule has 1 spiro atoms. The lowest BCUT2D eigenvalue weighted by Crippen LogP contribution is -2.66. The first kappa shape index (κ1) is 14.8. The van der Waals surface area contributed by atoms with Crippen molar-refractivity contribution in [1.82, 2.24) is 5.32 Å². The Hall–Kier alpha value is -0.130. The smallest absolute Gasteiger partial charge is 0.151 e. The SMILES string of the molecule is CCOC1CC(NC2CCS(=O)(=O)C2)C12CCCCC2. The van der Waals surface area contributed by atoms with Crippen molar-refractivity contribution in [1.29, 1.82) is 0 Å². The van der Waals surface area contributed by atoms with Crippen molar-refractivity contribution in [2.45, 2.75) is 70.1 Å². The van der Waals surface area contributed by atoms with Crippen molar-refractivity contribution in [3.05, 3.63) is 0 Å². The first-order chi connectivity index (χ1) is 9.56. The molecule has 1 heterocycles. The van der Waals surface area contributed by atoms with E-state index in [1.54, 1.807) is 0 Å². The average Bonchev–Trinajstić information content (AvgIpc) is 2.78. The Balaban J connectivity index is 1.64. The lowest BCUT2D eigenvalue weighted by molar-refractivity contribution is -0.151. The van der Waals surface area contributed by atoms with Crippen molar-refractivity contribution < 1.29 is 13.2 Å². The fourth-order valence-electron chi connectivity index (χ4n) is 4.51. The summed E-state index contributed by atoms with van der Waals surface area (Å²) in [6.45, 7) is 2.86. The fraction of sp³-hybridized carbons (Fsp3) is 1.00. The molecule has 1 N–H and O–H groups in total. The van der Waals surface area contributed by atoms with Gasteiger partial charge in [-0.1, -0.05) is 19.3 Å². The van der Waals surface area contributed by atoms with Gasteiger partial charge in [-0.3, -0.25) is 0 Å². The number of ether oxygens (including phenoxy) is 1.